The first kappa shape index (κ1) is 15.8. The molecule has 1 saturated heterocycles. The highest BCUT2D eigenvalue weighted by Crippen LogP contribution is 2.62. The van der Waals surface area contributed by atoms with Gasteiger partial charge in [0.25, 0.3) is 0 Å². The molecule has 2 fully saturated rings. The minimum Gasteiger partial charge on any atom is -0.304 e. The molecule has 1 saturated carbocycles. The normalized spacial score (nSPS) is 38.1. The quantitative estimate of drug-likeness (QED) is 0.585. The molecule has 0 bridgehead atoms. The summed E-state index contributed by atoms with van der Waals surface area (Å²) in [4.78, 5) is 27.2. The Morgan fingerprint density at radius 1 is 1.36 bits per heavy atom. The van der Waals surface area contributed by atoms with Crippen LogP contribution in [0, 0.1) is 22.0 Å². The summed E-state index contributed by atoms with van der Waals surface area (Å²) in [5.41, 5.74) is 0.723. The van der Waals surface area contributed by atoms with Crippen LogP contribution >= 0.6 is 23.5 Å². The van der Waals surface area contributed by atoms with Gasteiger partial charge in [0.15, 0.2) is 0 Å². The first-order chi connectivity index (χ1) is 12.1. The molecule has 130 valence electrons. The molecule has 3 heterocycles. The van der Waals surface area contributed by atoms with Crippen LogP contribution in [0.4, 0.5) is 5.69 Å². The van der Waals surface area contributed by atoms with Crippen molar-refractivity contribution in [1.82, 2.24) is 0 Å². The molecular weight excluding hydrogens is 356 g/mol. The van der Waals surface area contributed by atoms with Crippen LogP contribution in [0.25, 0.3) is 0 Å². The standard InChI is InChI=1S/C18H18N2O3S2/c21-16-9-12-11(10-19(22)23)5-7-18(12)17-15(6-8-24-17)25-14-4-2-1-3-13(14)20(16)18/h1-4,6,8,11-12,15,17H,5,7,9-10H2/t11-,12?,15?,17?,18?/m0/s1. The predicted octanol–water partition coefficient (Wildman–Crippen LogP) is 3.57. The summed E-state index contributed by atoms with van der Waals surface area (Å²) in [6.45, 7) is -0.0161. The van der Waals surface area contributed by atoms with E-state index in [1.54, 1.807) is 0 Å². The van der Waals surface area contributed by atoms with Crippen molar-refractivity contribution in [2.75, 3.05) is 11.4 Å². The smallest absolute Gasteiger partial charge is 0.227 e. The van der Waals surface area contributed by atoms with Gasteiger partial charge in [-0.1, -0.05) is 18.2 Å². The summed E-state index contributed by atoms with van der Waals surface area (Å²) >= 11 is 3.64. The lowest BCUT2D eigenvalue weighted by Crippen LogP contribution is -2.56. The van der Waals surface area contributed by atoms with Crippen molar-refractivity contribution in [3.8, 4) is 0 Å². The molecule has 4 aliphatic rings. The number of nitro groups is 1. The van der Waals surface area contributed by atoms with Crippen LogP contribution in [0.2, 0.25) is 0 Å². The Labute approximate surface area is 154 Å². The van der Waals surface area contributed by atoms with Gasteiger partial charge in [-0.3, -0.25) is 14.9 Å². The van der Waals surface area contributed by atoms with Gasteiger partial charge in [0, 0.05) is 38.6 Å². The van der Waals surface area contributed by atoms with E-state index in [0.29, 0.717) is 11.7 Å². The highest BCUT2D eigenvalue weighted by molar-refractivity contribution is 8.06. The van der Waals surface area contributed by atoms with E-state index in [-0.39, 0.29) is 40.0 Å². The van der Waals surface area contributed by atoms with E-state index in [1.165, 1.54) is 0 Å². The van der Waals surface area contributed by atoms with Gasteiger partial charge < -0.3 is 4.90 Å². The van der Waals surface area contributed by atoms with Gasteiger partial charge in [0.1, 0.15) is 0 Å². The number of hydrogen-bond acceptors (Lipinski definition) is 5. The molecule has 3 aliphatic heterocycles. The molecule has 0 radical (unpaired) electrons. The van der Waals surface area contributed by atoms with Gasteiger partial charge in [0.05, 0.1) is 11.2 Å². The number of benzene rings is 1. The van der Waals surface area contributed by atoms with E-state index in [9.17, 15) is 14.9 Å². The first-order valence-electron chi connectivity index (χ1n) is 8.64. The van der Waals surface area contributed by atoms with Crippen LogP contribution in [-0.2, 0) is 4.79 Å². The minimum atomic E-state index is -0.282. The molecular formula is C18H18N2O3S2. The van der Waals surface area contributed by atoms with E-state index in [2.05, 4.69) is 17.6 Å². The van der Waals surface area contributed by atoms with Crippen LogP contribution < -0.4 is 4.90 Å². The molecule has 0 aromatic heterocycles. The van der Waals surface area contributed by atoms with E-state index in [1.807, 2.05) is 46.6 Å². The third kappa shape index (κ3) is 2.08. The van der Waals surface area contributed by atoms with Crippen LogP contribution in [-0.4, -0.2) is 33.4 Å². The van der Waals surface area contributed by atoms with Gasteiger partial charge in [0.2, 0.25) is 12.5 Å². The van der Waals surface area contributed by atoms with E-state index < -0.39 is 0 Å². The van der Waals surface area contributed by atoms with Crippen molar-refractivity contribution in [2.45, 2.75) is 40.2 Å². The molecule has 1 aliphatic carbocycles. The summed E-state index contributed by atoms with van der Waals surface area (Å²) in [5, 5.41) is 13.9. The minimum absolute atomic E-state index is 0.000984. The zero-order valence-corrected chi connectivity index (χ0v) is 15.2. The molecule has 5 atom stereocenters. The number of amides is 1. The van der Waals surface area contributed by atoms with Crippen molar-refractivity contribution in [3.05, 3.63) is 45.9 Å². The predicted molar refractivity (Wildman–Crippen MR) is 99.5 cm³/mol. The Balaban J connectivity index is 1.67. The number of fused-ring (bicyclic) bond motifs is 3. The fourth-order valence-electron chi connectivity index (χ4n) is 5.37. The molecule has 0 N–H and O–H groups in total. The second-order valence-electron chi connectivity index (χ2n) is 7.28. The molecule has 1 aromatic carbocycles. The fourth-order valence-corrected chi connectivity index (χ4v) is 8.38. The topological polar surface area (TPSA) is 63.4 Å². The average Bonchev–Trinajstić information content (AvgIpc) is 3.21. The SMILES string of the molecule is O=C1CC2[C@H](C[N+](=O)[O-])CCC23C2SC=CC2Sc2ccccc2N13. The van der Waals surface area contributed by atoms with Crippen molar-refractivity contribution < 1.29 is 9.72 Å². The number of nitrogens with zero attached hydrogens (tertiary/aromatic N) is 2. The number of hydrogen-bond donors (Lipinski definition) is 0. The molecule has 5 rings (SSSR count). The van der Waals surface area contributed by atoms with Gasteiger partial charge in [-0.2, -0.15) is 0 Å². The molecule has 7 heteroatoms. The van der Waals surface area contributed by atoms with E-state index >= 15 is 0 Å². The third-order valence-electron chi connectivity index (χ3n) is 6.22. The Bertz CT molecular complexity index is 798. The molecule has 25 heavy (non-hydrogen) atoms. The Kier molecular flexibility index (Phi) is 3.47. The zero-order chi connectivity index (χ0) is 17.2. The number of thioether (sulfide) groups is 2. The van der Waals surface area contributed by atoms with Crippen molar-refractivity contribution >= 4 is 35.1 Å². The summed E-state index contributed by atoms with van der Waals surface area (Å²) in [5.74, 6) is 0.220. The van der Waals surface area contributed by atoms with Gasteiger partial charge in [-0.25, -0.2) is 0 Å². The van der Waals surface area contributed by atoms with Crippen molar-refractivity contribution in [2.24, 2.45) is 11.8 Å². The summed E-state index contributed by atoms with van der Waals surface area (Å²) in [7, 11) is 0. The third-order valence-corrected chi connectivity index (χ3v) is 9.01. The van der Waals surface area contributed by atoms with E-state index in [0.717, 1.165) is 23.4 Å². The Morgan fingerprint density at radius 2 is 2.20 bits per heavy atom. The van der Waals surface area contributed by atoms with Crippen LogP contribution in [0.15, 0.2) is 40.6 Å². The maximum absolute atomic E-state index is 13.1. The Hall–Kier alpha value is -1.47. The largest absolute Gasteiger partial charge is 0.304 e. The van der Waals surface area contributed by atoms with Crippen molar-refractivity contribution in [1.29, 1.82) is 0 Å². The first-order valence-corrected chi connectivity index (χ1v) is 10.5. The molecule has 1 amide bonds. The number of para-hydroxylation sites is 1. The van der Waals surface area contributed by atoms with E-state index in [4.69, 9.17) is 0 Å². The lowest BCUT2D eigenvalue weighted by atomic mass is 9.79. The zero-order valence-electron chi connectivity index (χ0n) is 13.5. The number of carbonyl (C=O) groups excluding carboxylic acids is 1. The van der Waals surface area contributed by atoms with Gasteiger partial charge >= 0.3 is 0 Å². The molecule has 5 nitrogen and oxygen atoms in total. The molecule has 4 unspecified atom stereocenters. The number of carbonyl (C=O) groups is 1. The van der Waals surface area contributed by atoms with Crippen molar-refractivity contribution in [3.63, 3.8) is 0 Å². The summed E-state index contributed by atoms with van der Waals surface area (Å²) in [6, 6.07) is 8.14. The fraction of sp³-hybridized carbons (Fsp3) is 0.500. The maximum atomic E-state index is 13.1. The van der Waals surface area contributed by atoms with Gasteiger partial charge in [-0.15, -0.1) is 23.5 Å². The van der Waals surface area contributed by atoms with Crippen LogP contribution in [0.3, 0.4) is 0 Å². The maximum Gasteiger partial charge on any atom is 0.227 e. The van der Waals surface area contributed by atoms with Gasteiger partial charge in [-0.05, 0) is 30.4 Å². The summed E-state index contributed by atoms with van der Waals surface area (Å²) in [6.07, 6.45) is 4.40. The summed E-state index contributed by atoms with van der Waals surface area (Å²) < 4.78 is 0. The molecule has 1 aromatic rings. The highest BCUT2D eigenvalue weighted by Gasteiger charge is 2.66. The second kappa shape index (κ2) is 5.51. The lowest BCUT2D eigenvalue weighted by Gasteiger charge is -2.43. The second-order valence-corrected chi connectivity index (χ2v) is 9.55. The number of rotatable bonds is 2. The lowest BCUT2D eigenvalue weighted by molar-refractivity contribution is -0.489. The van der Waals surface area contributed by atoms with Crippen LogP contribution in [0.5, 0.6) is 0 Å². The average molecular weight is 374 g/mol. The monoisotopic (exact) mass is 374 g/mol. The molecule has 1 spiro atoms. The van der Waals surface area contributed by atoms with Crippen LogP contribution in [0.1, 0.15) is 19.3 Å². The Morgan fingerprint density at radius 3 is 3.04 bits per heavy atom. The highest BCUT2D eigenvalue weighted by atomic mass is 32.2. The number of anilines is 1.